The van der Waals surface area contributed by atoms with Crippen molar-refractivity contribution in [3.8, 4) is 5.88 Å². The summed E-state index contributed by atoms with van der Waals surface area (Å²) in [4.78, 5) is 10.7. The second-order valence-electron chi connectivity index (χ2n) is 4.43. The molecule has 0 aromatic carbocycles. The van der Waals surface area contributed by atoms with E-state index in [1.54, 1.807) is 13.3 Å². The number of nitrogens with zero attached hydrogens (tertiary/aromatic N) is 3. The molecule has 2 heterocycles. The van der Waals surface area contributed by atoms with E-state index in [-0.39, 0.29) is 0 Å². The van der Waals surface area contributed by atoms with Crippen LogP contribution in [-0.2, 0) is 6.54 Å². The minimum absolute atomic E-state index is 0.569. The Hall–Kier alpha value is -1.78. The van der Waals surface area contributed by atoms with Gasteiger partial charge >= 0.3 is 0 Å². The molecule has 0 unspecified atom stereocenters. The van der Waals surface area contributed by atoms with Gasteiger partial charge in [0.1, 0.15) is 0 Å². The van der Waals surface area contributed by atoms with Crippen LogP contribution >= 0.6 is 0 Å². The van der Waals surface area contributed by atoms with Crippen LogP contribution in [0.4, 0.5) is 0 Å². The number of pyridine rings is 1. The molecule has 5 nitrogen and oxygen atoms in total. The summed E-state index contributed by atoms with van der Waals surface area (Å²) in [6, 6.07) is 3.79. The first kappa shape index (κ1) is 12.7. The first-order valence-corrected chi connectivity index (χ1v) is 6.33. The van der Waals surface area contributed by atoms with E-state index in [0.717, 1.165) is 18.7 Å². The number of aromatic nitrogens is 1. The second-order valence-corrected chi connectivity index (χ2v) is 4.43. The molecule has 0 atom stereocenters. The monoisotopic (exact) mass is 248 g/mol. The lowest BCUT2D eigenvalue weighted by Gasteiger charge is -2.27. The SMILES string of the molecule is COc1ccc(CN=C(N)N2CCCCC2)cn1. The van der Waals surface area contributed by atoms with Gasteiger partial charge in [0.25, 0.3) is 0 Å². The van der Waals surface area contributed by atoms with E-state index in [1.807, 2.05) is 12.1 Å². The van der Waals surface area contributed by atoms with Crippen LogP contribution in [0.15, 0.2) is 23.3 Å². The van der Waals surface area contributed by atoms with E-state index in [1.165, 1.54) is 19.3 Å². The fraction of sp³-hybridized carbons (Fsp3) is 0.538. The molecule has 18 heavy (non-hydrogen) atoms. The number of guanidine groups is 1. The lowest BCUT2D eigenvalue weighted by molar-refractivity contribution is 0.338. The lowest BCUT2D eigenvalue weighted by Crippen LogP contribution is -2.40. The Morgan fingerprint density at radius 3 is 2.78 bits per heavy atom. The third-order valence-corrected chi connectivity index (χ3v) is 3.11. The van der Waals surface area contributed by atoms with Crippen molar-refractivity contribution < 1.29 is 4.74 Å². The number of rotatable bonds is 3. The highest BCUT2D eigenvalue weighted by atomic mass is 16.5. The molecule has 0 radical (unpaired) electrons. The quantitative estimate of drug-likeness (QED) is 0.648. The molecule has 0 saturated carbocycles. The summed E-state index contributed by atoms with van der Waals surface area (Å²) in [6.45, 7) is 2.62. The Morgan fingerprint density at radius 1 is 1.39 bits per heavy atom. The maximum atomic E-state index is 5.98. The van der Waals surface area contributed by atoms with Gasteiger partial charge in [-0.05, 0) is 24.8 Å². The van der Waals surface area contributed by atoms with E-state index in [0.29, 0.717) is 18.4 Å². The number of hydrogen-bond donors (Lipinski definition) is 1. The van der Waals surface area contributed by atoms with Crippen LogP contribution in [0.1, 0.15) is 24.8 Å². The van der Waals surface area contributed by atoms with E-state index in [2.05, 4.69) is 14.9 Å². The van der Waals surface area contributed by atoms with Gasteiger partial charge in [0, 0.05) is 25.4 Å². The Balaban J connectivity index is 1.91. The number of hydrogen-bond acceptors (Lipinski definition) is 3. The van der Waals surface area contributed by atoms with Crippen molar-refractivity contribution in [1.82, 2.24) is 9.88 Å². The van der Waals surface area contributed by atoms with Gasteiger partial charge in [0.2, 0.25) is 5.88 Å². The minimum Gasteiger partial charge on any atom is -0.481 e. The molecule has 2 rings (SSSR count). The number of nitrogens with two attached hydrogens (primary N) is 1. The molecule has 0 amide bonds. The molecule has 1 aromatic heterocycles. The minimum atomic E-state index is 0.569. The number of aliphatic imine (C=N–C) groups is 1. The summed E-state index contributed by atoms with van der Waals surface area (Å²) < 4.78 is 5.01. The standard InChI is InChI=1S/C13H20N4O/c1-18-12-6-5-11(9-15-12)10-16-13(14)17-7-3-2-4-8-17/h5-6,9H,2-4,7-8,10H2,1H3,(H2,14,16). The summed E-state index contributed by atoms with van der Waals surface area (Å²) >= 11 is 0. The third-order valence-electron chi connectivity index (χ3n) is 3.11. The second kappa shape index (κ2) is 6.23. The van der Waals surface area contributed by atoms with E-state index in [4.69, 9.17) is 10.5 Å². The van der Waals surface area contributed by atoms with Gasteiger partial charge in [-0.15, -0.1) is 0 Å². The van der Waals surface area contributed by atoms with Crippen LogP contribution in [0.3, 0.4) is 0 Å². The highest BCUT2D eigenvalue weighted by molar-refractivity contribution is 5.78. The Bertz CT molecular complexity index is 396. The molecule has 0 aliphatic carbocycles. The zero-order chi connectivity index (χ0) is 12.8. The van der Waals surface area contributed by atoms with E-state index >= 15 is 0 Å². The van der Waals surface area contributed by atoms with Gasteiger partial charge < -0.3 is 15.4 Å². The molecule has 2 N–H and O–H groups in total. The molecule has 1 saturated heterocycles. The lowest BCUT2D eigenvalue weighted by atomic mass is 10.1. The highest BCUT2D eigenvalue weighted by Gasteiger charge is 2.11. The Kier molecular flexibility index (Phi) is 4.39. The average Bonchev–Trinajstić information content (AvgIpc) is 2.46. The van der Waals surface area contributed by atoms with Gasteiger partial charge in [-0.2, -0.15) is 0 Å². The van der Waals surface area contributed by atoms with Crippen molar-refractivity contribution in [1.29, 1.82) is 0 Å². The van der Waals surface area contributed by atoms with Gasteiger partial charge in [-0.25, -0.2) is 9.98 Å². The van der Waals surface area contributed by atoms with E-state index < -0.39 is 0 Å². The van der Waals surface area contributed by atoms with Crippen LogP contribution in [0.5, 0.6) is 5.88 Å². The fourth-order valence-corrected chi connectivity index (χ4v) is 2.02. The molecule has 5 heteroatoms. The number of ether oxygens (including phenoxy) is 1. The summed E-state index contributed by atoms with van der Waals surface area (Å²) in [7, 11) is 1.61. The summed E-state index contributed by atoms with van der Waals surface area (Å²) in [5.74, 6) is 1.26. The Labute approximate surface area is 108 Å². The number of methoxy groups -OCH3 is 1. The van der Waals surface area contributed by atoms with Crippen LogP contribution in [0.2, 0.25) is 0 Å². The zero-order valence-corrected chi connectivity index (χ0v) is 10.8. The number of likely N-dealkylation sites (tertiary alicyclic amines) is 1. The molecule has 0 spiro atoms. The first-order chi connectivity index (χ1) is 8.79. The maximum Gasteiger partial charge on any atom is 0.212 e. The van der Waals surface area contributed by atoms with Crippen molar-refractivity contribution in [3.63, 3.8) is 0 Å². The summed E-state index contributed by atoms with van der Waals surface area (Å²) in [5.41, 5.74) is 7.02. The van der Waals surface area contributed by atoms with Crippen molar-refractivity contribution in [2.45, 2.75) is 25.8 Å². The molecular weight excluding hydrogens is 228 g/mol. The fourth-order valence-electron chi connectivity index (χ4n) is 2.02. The summed E-state index contributed by atoms with van der Waals surface area (Å²) in [6.07, 6.45) is 5.48. The molecular formula is C13H20N4O. The van der Waals surface area contributed by atoms with E-state index in [9.17, 15) is 0 Å². The zero-order valence-electron chi connectivity index (χ0n) is 10.8. The average molecular weight is 248 g/mol. The van der Waals surface area contributed by atoms with Crippen molar-refractivity contribution in [2.24, 2.45) is 10.7 Å². The summed E-state index contributed by atoms with van der Waals surface area (Å²) in [5, 5.41) is 0. The molecule has 1 fully saturated rings. The molecule has 0 bridgehead atoms. The normalized spacial score (nSPS) is 16.7. The number of piperidine rings is 1. The molecule has 1 aliphatic rings. The largest absolute Gasteiger partial charge is 0.481 e. The van der Waals surface area contributed by atoms with Crippen LogP contribution in [0, 0.1) is 0 Å². The van der Waals surface area contributed by atoms with Crippen molar-refractivity contribution >= 4 is 5.96 Å². The van der Waals surface area contributed by atoms with Gasteiger partial charge in [0.05, 0.1) is 13.7 Å². The maximum absolute atomic E-state index is 5.98. The van der Waals surface area contributed by atoms with Gasteiger partial charge in [-0.3, -0.25) is 0 Å². The van der Waals surface area contributed by atoms with Crippen LogP contribution in [-0.4, -0.2) is 36.0 Å². The van der Waals surface area contributed by atoms with Gasteiger partial charge in [0.15, 0.2) is 5.96 Å². The molecule has 1 aromatic rings. The van der Waals surface area contributed by atoms with Crippen LogP contribution < -0.4 is 10.5 Å². The highest BCUT2D eigenvalue weighted by Crippen LogP contribution is 2.10. The topological polar surface area (TPSA) is 63.7 Å². The van der Waals surface area contributed by atoms with Crippen molar-refractivity contribution in [2.75, 3.05) is 20.2 Å². The predicted molar refractivity (Wildman–Crippen MR) is 71.5 cm³/mol. The van der Waals surface area contributed by atoms with Gasteiger partial charge in [-0.1, -0.05) is 6.07 Å². The Morgan fingerprint density at radius 2 is 2.17 bits per heavy atom. The third kappa shape index (κ3) is 3.35. The van der Waals surface area contributed by atoms with Crippen LogP contribution in [0.25, 0.3) is 0 Å². The predicted octanol–water partition coefficient (Wildman–Crippen LogP) is 1.39. The molecule has 98 valence electrons. The smallest absolute Gasteiger partial charge is 0.212 e. The molecule has 1 aliphatic heterocycles. The first-order valence-electron chi connectivity index (χ1n) is 6.33. The van der Waals surface area contributed by atoms with Crippen molar-refractivity contribution in [3.05, 3.63) is 23.9 Å².